The highest BCUT2D eigenvalue weighted by Gasteiger charge is 2.14. The lowest BCUT2D eigenvalue weighted by Gasteiger charge is -2.17. The molecule has 0 N–H and O–H groups in total. The Morgan fingerprint density at radius 1 is 1.43 bits per heavy atom. The van der Waals surface area contributed by atoms with Crippen molar-refractivity contribution in [2.45, 2.75) is 34.1 Å². The van der Waals surface area contributed by atoms with Crippen molar-refractivity contribution < 1.29 is 9.53 Å². The van der Waals surface area contributed by atoms with Crippen molar-refractivity contribution >= 4 is 17.7 Å². The number of hydrogen-bond acceptors (Lipinski definition) is 3. The topological polar surface area (TPSA) is 26.3 Å². The summed E-state index contributed by atoms with van der Waals surface area (Å²) in [5, 5.41) is 0. The number of hydrogen-bond donors (Lipinski definition) is 0. The van der Waals surface area contributed by atoms with Crippen LogP contribution in [0.4, 0.5) is 0 Å². The van der Waals surface area contributed by atoms with Crippen molar-refractivity contribution in [3.8, 4) is 0 Å². The van der Waals surface area contributed by atoms with Gasteiger partial charge in [0, 0.05) is 5.75 Å². The maximum atomic E-state index is 11.1. The Morgan fingerprint density at radius 2 is 2.00 bits per heavy atom. The fourth-order valence-corrected chi connectivity index (χ4v) is 2.32. The van der Waals surface area contributed by atoms with Crippen LogP contribution in [-0.2, 0) is 9.53 Å². The molecule has 0 aromatic rings. The van der Waals surface area contributed by atoms with Gasteiger partial charge in [0.15, 0.2) is 0 Å². The lowest BCUT2D eigenvalue weighted by molar-refractivity contribution is -0.143. The third kappa shape index (κ3) is 7.25. The average Bonchev–Trinajstić information content (AvgIpc) is 2.09. The molecule has 1 atom stereocenters. The minimum absolute atomic E-state index is 0.0185. The van der Waals surface area contributed by atoms with E-state index in [9.17, 15) is 4.79 Å². The SMILES string of the molecule is COC(=O)C(C)CSCCC(C)(C)C. The molecule has 2 nitrogen and oxygen atoms in total. The van der Waals surface area contributed by atoms with E-state index < -0.39 is 0 Å². The predicted molar refractivity (Wildman–Crippen MR) is 62.6 cm³/mol. The Morgan fingerprint density at radius 3 is 2.43 bits per heavy atom. The van der Waals surface area contributed by atoms with Crippen LogP contribution >= 0.6 is 11.8 Å². The molecule has 0 fully saturated rings. The molecule has 0 spiro atoms. The van der Waals surface area contributed by atoms with E-state index in [2.05, 4.69) is 25.5 Å². The molecule has 0 aliphatic rings. The summed E-state index contributed by atoms with van der Waals surface area (Å²) in [4.78, 5) is 11.1. The lowest BCUT2D eigenvalue weighted by Crippen LogP contribution is -2.15. The zero-order valence-corrected chi connectivity index (χ0v) is 10.7. The van der Waals surface area contributed by atoms with Crippen LogP contribution in [0.25, 0.3) is 0 Å². The molecule has 0 saturated heterocycles. The number of ether oxygens (including phenoxy) is 1. The van der Waals surface area contributed by atoms with Gasteiger partial charge in [-0.25, -0.2) is 0 Å². The van der Waals surface area contributed by atoms with Crippen molar-refractivity contribution in [1.29, 1.82) is 0 Å². The van der Waals surface area contributed by atoms with Gasteiger partial charge >= 0.3 is 5.97 Å². The molecule has 0 bridgehead atoms. The fraction of sp³-hybridized carbons (Fsp3) is 0.909. The van der Waals surface area contributed by atoms with E-state index in [1.807, 2.05) is 18.7 Å². The van der Waals surface area contributed by atoms with E-state index in [0.717, 1.165) is 11.5 Å². The molecule has 0 aromatic heterocycles. The first-order valence-corrected chi connectivity index (χ1v) is 6.18. The molecule has 84 valence electrons. The zero-order chi connectivity index (χ0) is 11.2. The molecule has 0 aromatic carbocycles. The Balaban J connectivity index is 3.50. The van der Waals surface area contributed by atoms with Crippen LogP contribution in [0, 0.1) is 11.3 Å². The van der Waals surface area contributed by atoms with E-state index in [1.165, 1.54) is 13.5 Å². The fourth-order valence-electron chi connectivity index (χ4n) is 0.908. The van der Waals surface area contributed by atoms with Crippen LogP contribution in [0.3, 0.4) is 0 Å². The Hall–Kier alpha value is -0.180. The van der Waals surface area contributed by atoms with Gasteiger partial charge in [0.25, 0.3) is 0 Å². The number of methoxy groups -OCH3 is 1. The van der Waals surface area contributed by atoms with Gasteiger partial charge in [-0.05, 0) is 17.6 Å². The Bertz CT molecular complexity index is 173. The summed E-state index contributed by atoms with van der Waals surface area (Å²) in [6.07, 6.45) is 1.19. The van der Waals surface area contributed by atoms with Crippen molar-refractivity contribution in [3.05, 3.63) is 0 Å². The summed E-state index contributed by atoms with van der Waals surface area (Å²) >= 11 is 1.83. The van der Waals surface area contributed by atoms with Crippen molar-refractivity contribution in [2.75, 3.05) is 18.6 Å². The maximum Gasteiger partial charge on any atom is 0.309 e. The molecule has 0 radical (unpaired) electrons. The molecule has 0 rings (SSSR count). The summed E-state index contributed by atoms with van der Waals surface area (Å²) < 4.78 is 4.66. The second-order valence-corrected chi connectivity index (χ2v) is 5.96. The van der Waals surface area contributed by atoms with Crippen molar-refractivity contribution in [2.24, 2.45) is 11.3 Å². The van der Waals surface area contributed by atoms with Gasteiger partial charge in [0.1, 0.15) is 0 Å². The van der Waals surface area contributed by atoms with Crippen LogP contribution in [0.5, 0.6) is 0 Å². The van der Waals surface area contributed by atoms with Gasteiger partial charge in [-0.3, -0.25) is 4.79 Å². The molecule has 0 saturated carbocycles. The van der Waals surface area contributed by atoms with Gasteiger partial charge in [0.05, 0.1) is 13.0 Å². The molecule has 3 heteroatoms. The second kappa shape index (κ2) is 6.33. The molecule has 0 aliphatic carbocycles. The monoisotopic (exact) mass is 218 g/mol. The van der Waals surface area contributed by atoms with Crippen molar-refractivity contribution in [3.63, 3.8) is 0 Å². The van der Waals surface area contributed by atoms with Crippen LogP contribution in [0.2, 0.25) is 0 Å². The highest BCUT2D eigenvalue weighted by Crippen LogP contribution is 2.22. The molecule has 0 heterocycles. The van der Waals surface area contributed by atoms with Crippen LogP contribution in [0.1, 0.15) is 34.1 Å². The van der Waals surface area contributed by atoms with E-state index in [-0.39, 0.29) is 11.9 Å². The number of esters is 1. The quantitative estimate of drug-likeness (QED) is 0.524. The first-order chi connectivity index (χ1) is 6.37. The first kappa shape index (κ1) is 13.8. The highest BCUT2D eigenvalue weighted by molar-refractivity contribution is 7.99. The molecular formula is C11H22O2S. The number of thioether (sulfide) groups is 1. The summed E-state index contributed by atoms with van der Waals surface area (Å²) in [6.45, 7) is 8.61. The molecule has 0 aliphatic heterocycles. The Labute approximate surface area is 91.8 Å². The molecule has 14 heavy (non-hydrogen) atoms. The summed E-state index contributed by atoms with van der Waals surface area (Å²) in [7, 11) is 1.44. The average molecular weight is 218 g/mol. The van der Waals surface area contributed by atoms with Crippen LogP contribution < -0.4 is 0 Å². The highest BCUT2D eigenvalue weighted by atomic mass is 32.2. The van der Waals surface area contributed by atoms with E-state index >= 15 is 0 Å². The third-order valence-corrected chi connectivity index (χ3v) is 3.20. The number of carbonyl (C=O) groups is 1. The first-order valence-electron chi connectivity index (χ1n) is 5.02. The number of rotatable bonds is 5. The Kier molecular flexibility index (Phi) is 6.25. The van der Waals surface area contributed by atoms with E-state index in [0.29, 0.717) is 5.41 Å². The van der Waals surface area contributed by atoms with Gasteiger partial charge in [-0.2, -0.15) is 11.8 Å². The second-order valence-electron chi connectivity index (χ2n) is 4.81. The standard InChI is InChI=1S/C11H22O2S/c1-9(10(12)13-5)8-14-7-6-11(2,3)4/h9H,6-8H2,1-5H3. The van der Waals surface area contributed by atoms with Gasteiger partial charge in [-0.1, -0.05) is 27.7 Å². The lowest BCUT2D eigenvalue weighted by atomic mass is 9.94. The summed E-state index contributed by atoms with van der Waals surface area (Å²) in [5.41, 5.74) is 0.390. The van der Waals surface area contributed by atoms with Gasteiger partial charge < -0.3 is 4.74 Å². The summed E-state index contributed by atoms with van der Waals surface area (Å²) in [5.74, 6) is 1.89. The van der Waals surface area contributed by atoms with E-state index in [4.69, 9.17) is 0 Å². The largest absolute Gasteiger partial charge is 0.469 e. The van der Waals surface area contributed by atoms with Crippen LogP contribution in [-0.4, -0.2) is 24.6 Å². The van der Waals surface area contributed by atoms with Gasteiger partial charge in [0.2, 0.25) is 0 Å². The van der Waals surface area contributed by atoms with Crippen LogP contribution in [0.15, 0.2) is 0 Å². The molecule has 1 unspecified atom stereocenters. The maximum absolute atomic E-state index is 11.1. The van der Waals surface area contributed by atoms with E-state index in [1.54, 1.807) is 0 Å². The summed E-state index contributed by atoms with van der Waals surface area (Å²) in [6, 6.07) is 0. The van der Waals surface area contributed by atoms with Crippen molar-refractivity contribution in [1.82, 2.24) is 0 Å². The number of carbonyl (C=O) groups excluding carboxylic acids is 1. The third-order valence-electron chi connectivity index (χ3n) is 1.97. The zero-order valence-electron chi connectivity index (χ0n) is 9.92. The minimum Gasteiger partial charge on any atom is -0.469 e. The smallest absolute Gasteiger partial charge is 0.309 e. The predicted octanol–water partition coefficient (Wildman–Crippen LogP) is 2.96. The molecule has 0 amide bonds. The minimum atomic E-state index is -0.103. The van der Waals surface area contributed by atoms with Gasteiger partial charge in [-0.15, -0.1) is 0 Å². The molecular weight excluding hydrogens is 196 g/mol. The normalized spacial score (nSPS) is 13.8.